The lowest BCUT2D eigenvalue weighted by Gasteiger charge is -2.30. The summed E-state index contributed by atoms with van der Waals surface area (Å²) in [5.74, 6) is -0.594. The lowest BCUT2D eigenvalue weighted by molar-refractivity contribution is -0.870. The topological polar surface area (TPSA) is 114 Å². The molecule has 9 nitrogen and oxygen atoms in total. The van der Waals surface area contributed by atoms with Gasteiger partial charge in [0.1, 0.15) is 19.3 Å². The molecule has 1 N–H and O–H groups in total. The minimum atomic E-state index is -4.71. The van der Waals surface area contributed by atoms with Crippen LogP contribution in [0.25, 0.3) is 0 Å². The second kappa shape index (κ2) is 53.3. The van der Waals surface area contributed by atoms with Gasteiger partial charge in [-0.1, -0.05) is 221 Å². The van der Waals surface area contributed by atoms with E-state index in [1.165, 1.54) is 89.9 Å². The lowest BCUT2D eigenvalue weighted by Crippen LogP contribution is -2.47. The molecule has 0 aromatic heterocycles. The Morgan fingerprint density at radius 2 is 0.865 bits per heavy atom. The van der Waals surface area contributed by atoms with Crippen molar-refractivity contribution >= 4 is 19.7 Å². The van der Waals surface area contributed by atoms with Crippen LogP contribution < -0.4 is 10.2 Å². The number of esters is 1. The van der Waals surface area contributed by atoms with Gasteiger partial charge in [0.05, 0.1) is 33.8 Å². The predicted octanol–water partition coefficient (Wildman–Crippen LogP) is 17.8. The Balaban J connectivity index is 5.30. The zero-order valence-electron chi connectivity index (χ0n) is 48.5. The number of carbonyl (C=O) groups excluding carboxylic acids is 2. The maximum absolute atomic E-state index is 13.5. The highest BCUT2D eigenvalue weighted by Crippen LogP contribution is 2.38. The minimum absolute atomic E-state index is 0.0343. The van der Waals surface area contributed by atoms with Crippen molar-refractivity contribution in [3.63, 3.8) is 0 Å². The van der Waals surface area contributed by atoms with Crippen LogP contribution in [0.3, 0.4) is 0 Å². The first-order valence-electron chi connectivity index (χ1n) is 30.0. The third kappa shape index (κ3) is 53.7. The highest BCUT2D eigenvalue weighted by molar-refractivity contribution is 7.45. The molecule has 0 saturated carbocycles. The van der Waals surface area contributed by atoms with Crippen molar-refractivity contribution in [3.8, 4) is 0 Å². The molecule has 0 radical (unpaired) electrons. The standard InChI is InChI=1S/C64H113N2O7P/c1-7-10-13-16-19-22-25-27-29-30-31-32-33-34-35-36-37-38-41-44-47-50-53-56-63(67)65-61(60-72-74(69,70)71-59-58-66(4,5)6)62(55-52-49-46-43-40-24-21-18-15-12-9-3)73-64(68)57-54-51-48-45-42-39-28-26-23-20-17-14-11-8-2/h10,13,19,22,27,29,31-32,34-35,37-39,42,52,55,61-62H,7-9,11-12,14-18,20-21,23-26,28,30,33,36,40-41,43-51,53-54,56-60H2,1-6H3,(H-,65,67,69,70)/b13-10-,22-19-,29-27-,32-31-,35-34-,38-37-,42-39-,55-52-. The molecule has 0 rings (SSSR count). The molecule has 0 heterocycles. The monoisotopic (exact) mass is 1050 g/mol. The highest BCUT2D eigenvalue weighted by atomic mass is 31.2. The van der Waals surface area contributed by atoms with Gasteiger partial charge in [-0.2, -0.15) is 0 Å². The van der Waals surface area contributed by atoms with Crippen LogP contribution in [0, 0.1) is 0 Å². The first-order chi connectivity index (χ1) is 35.9. The summed E-state index contributed by atoms with van der Waals surface area (Å²) in [4.78, 5) is 39.9. The lowest BCUT2D eigenvalue weighted by atomic mass is 10.1. The van der Waals surface area contributed by atoms with Crippen molar-refractivity contribution in [2.45, 2.75) is 258 Å². The van der Waals surface area contributed by atoms with Crippen LogP contribution >= 0.6 is 7.82 Å². The fraction of sp³-hybridized carbons (Fsp3) is 0.719. The summed E-state index contributed by atoms with van der Waals surface area (Å²) in [6.45, 7) is 6.67. The molecule has 10 heteroatoms. The van der Waals surface area contributed by atoms with Crippen LogP contribution in [-0.2, 0) is 27.9 Å². The summed E-state index contributed by atoms with van der Waals surface area (Å²) in [6.07, 6.45) is 70.9. The van der Waals surface area contributed by atoms with Crippen molar-refractivity contribution in [1.82, 2.24) is 5.32 Å². The van der Waals surface area contributed by atoms with Crippen LogP contribution in [0.5, 0.6) is 0 Å². The smallest absolute Gasteiger partial charge is 0.306 e. The van der Waals surface area contributed by atoms with Crippen molar-refractivity contribution in [2.75, 3.05) is 40.9 Å². The molecule has 0 aromatic carbocycles. The van der Waals surface area contributed by atoms with E-state index in [-0.39, 0.29) is 31.3 Å². The average Bonchev–Trinajstić information content (AvgIpc) is 3.36. The van der Waals surface area contributed by atoms with E-state index in [1.807, 2.05) is 33.3 Å². The molecule has 0 aromatic rings. The van der Waals surface area contributed by atoms with E-state index in [4.69, 9.17) is 13.8 Å². The molecule has 1 amide bonds. The molecule has 0 bridgehead atoms. The van der Waals surface area contributed by atoms with Gasteiger partial charge in [0, 0.05) is 12.8 Å². The molecule has 3 atom stereocenters. The van der Waals surface area contributed by atoms with Gasteiger partial charge in [-0.15, -0.1) is 0 Å². The number of quaternary nitrogens is 1. The molecular formula is C64H113N2O7P. The summed E-state index contributed by atoms with van der Waals surface area (Å²) >= 11 is 0. The first kappa shape index (κ1) is 70.9. The fourth-order valence-electron chi connectivity index (χ4n) is 8.11. The minimum Gasteiger partial charge on any atom is -0.756 e. The molecule has 0 aliphatic rings. The Kier molecular flexibility index (Phi) is 51.1. The number of hydrogen-bond acceptors (Lipinski definition) is 7. The maximum Gasteiger partial charge on any atom is 0.306 e. The normalized spacial score (nSPS) is 14.4. The first-order valence-corrected chi connectivity index (χ1v) is 31.5. The van der Waals surface area contributed by atoms with Crippen molar-refractivity contribution < 1.29 is 37.3 Å². The van der Waals surface area contributed by atoms with Gasteiger partial charge in [-0.05, 0) is 109 Å². The van der Waals surface area contributed by atoms with E-state index in [9.17, 15) is 19.0 Å². The largest absolute Gasteiger partial charge is 0.756 e. The number of nitrogens with one attached hydrogen (secondary N) is 1. The number of ether oxygens (including phenoxy) is 1. The Morgan fingerprint density at radius 1 is 0.486 bits per heavy atom. The number of phosphoric acid groups is 1. The number of hydrogen-bond donors (Lipinski definition) is 1. The average molecular weight is 1050 g/mol. The third-order valence-electron chi connectivity index (χ3n) is 12.7. The Labute approximate surface area is 456 Å². The van der Waals surface area contributed by atoms with Crippen molar-refractivity contribution in [2.24, 2.45) is 0 Å². The van der Waals surface area contributed by atoms with Crippen LogP contribution in [-0.4, -0.2) is 69.4 Å². The number of rotatable bonds is 53. The molecule has 426 valence electrons. The number of nitrogens with zero attached hydrogens (tertiary/aromatic N) is 1. The Morgan fingerprint density at radius 3 is 1.32 bits per heavy atom. The van der Waals surface area contributed by atoms with Gasteiger partial charge in [0.25, 0.3) is 7.82 Å². The number of allylic oxidation sites excluding steroid dienone is 15. The zero-order valence-corrected chi connectivity index (χ0v) is 49.4. The summed E-state index contributed by atoms with van der Waals surface area (Å²) < 4.78 is 30.2. The fourth-order valence-corrected chi connectivity index (χ4v) is 8.83. The van der Waals surface area contributed by atoms with Crippen LogP contribution in [0.1, 0.15) is 245 Å². The molecule has 3 unspecified atom stereocenters. The molecule has 0 saturated heterocycles. The highest BCUT2D eigenvalue weighted by Gasteiger charge is 2.27. The number of unbranched alkanes of at least 4 members (excludes halogenated alkanes) is 23. The molecular weight excluding hydrogens is 940 g/mol. The SMILES string of the molecule is CC/C=C\C/C=C\C/C=C\C/C=C\C/C=C\C/C=C\CCCCCCC(=O)NC(COP(=O)([O-])OCC[N+](C)(C)C)C(/C=C\CCCCCCCCCCC)OC(=O)CCCCC/C=C\CCCCCCCCC. The number of amides is 1. The van der Waals surface area contributed by atoms with E-state index >= 15 is 0 Å². The van der Waals surface area contributed by atoms with E-state index < -0.39 is 26.6 Å². The van der Waals surface area contributed by atoms with Crippen molar-refractivity contribution in [3.05, 3.63) is 97.2 Å². The molecule has 0 aliphatic carbocycles. The quantitative estimate of drug-likeness (QED) is 0.0212. The second-order valence-electron chi connectivity index (χ2n) is 21.1. The number of phosphoric ester groups is 1. The van der Waals surface area contributed by atoms with E-state index in [1.54, 1.807) is 0 Å². The predicted molar refractivity (Wildman–Crippen MR) is 316 cm³/mol. The van der Waals surface area contributed by atoms with Gasteiger partial charge in [0.15, 0.2) is 0 Å². The van der Waals surface area contributed by atoms with E-state index in [0.717, 1.165) is 109 Å². The van der Waals surface area contributed by atoms with Gasteiger partial charge in [-0.3, -0.25) is 14.2 Å². The molecule has 0 aliphatic heterocycles. The molecule has 0 spiro atoms. The number of likely N-dealkylation sites (N-methyl/N-ethyl adjacent to an activating group) is 1. The second-order valence-corrected chi connectivity index (χ2v) is 22.5. The summed E-state index contributed by atoms with van der Waals surface area (Å²) in [5.41, 5.74) is 0. The number of carbonyl (C=O) groups is 2. The van der Waals surface area contributed by atoms with E-state index in [2.05, 4.69) is 111 Å². The van der Waals surface area contributed by atoms with Gasteiger partial charge < -0.3 is 28.5 Å². The van der Waals surface area contributed by atoms with Crippen LogP contribution in [0.4, 0.5) is 0 Å². The van der Waals surface area contributed by atoms with Crippen LogP contribution in [0.15, 0.2) is 97.2 Å². The maximum atomic E-state index is 13.5. The molecule has 0 fully saturated rings. The zero-order chi connectivity index (χ0) is 54.3. The Hall–Kier alpha value is -3.07. The van der Waals surface area contributed by atoms with Gasteiger partial charge in [-0.25, -0.2) is 0 Å². The summed E-state index contributed by atoms with van der Waals surface area (Å²) in [7, 11) is 1.15. The van der Waals surface area contributed by atoms with Crippen LogP contribution in [0.2, 0.25) is 0 Å². The van der Waals surface area contributed by atoms with Gasteiger partial charge in [0.2, 0.25) is 5.91 Å². The third-order valence-corrected chi connectivity index (χ3v) is 13.7. The summed E-state index contributed by atoms with van der Waals surface area (Å²) in [6, 6.07) is -0.912. The van der Waals surface area contributed by atoms with E-state index in [0.29, 0.717) is 23.9 Å². The summed E-state index contributed by atoms with van der Waals surface area (Å²) in [5, 5.41) is 3.00. The molecule has 74 heavy (non-hydrogen) atoms. The van der Waals surface area contributed by atoms with Crippen molar-refractivity contribution in [1.29, 1.82) is 0 Å². The Bertz CT molecular complexity index is 1590. The van der Waals surface area contributed by atoms with Gasteiger partial charge >= 0.3 is 5.97 Å².